The summed E-state index contributed by atoms with van der Waals surface area (Å²) in [5, 5.41) is 5.12. The number of carbonyl (C=O) groups is 1. The van der Waals surface area contributed by atoms with Crippen LogP contribution in [0.3, 0.4) is 0 Å². The zero-order valence-electron chi connectivity index (χ0n) is 26.5. The summed E-state index contributed by atoms with van der Waals surface area (Å²) in [6.45, 7) is -0.631. The first kappa shape index (κ1) is 32.2. The van der Waals surface area contributed by atoms with E-state index in [2.05, 4.69) is 9.97 Å². The Balaban J connectivity index is 1.40. The van der Waals surface area contributed by atoms with Crippen LogP contribution in [-0.4, -0.2) is 31.8 Å². The van der Waals surface area contributed by atoms with Crippen molar-refractivity contribution < 1.29 is 22.4 Å². The van der Waals surface area contributed by atoms with Crippen molar-refractivity contribution in [1.82, 2.24) is 19.7 Å². The van der Waals surface area contributed by atoms with Gasteiger partial charge in [-0.2, -0.15) is 18.3 Å². The molecule has 1 amide bonds. The average molecular weight is 664 g/mol. The highest BCUT2D eigenvalue weighted by molar-refractivity contribution is 5.99. The Morgan fingerprint density at radius 3 is 1.84 bits per heavy atom. The third-order valence-electron chi connectivity index (χ3n) is 9.38. The Kier molecular flexibility index (Phi) is 8.71. The molecule has 0 bridgehead atoms. The van der Waals surface area contributed by atoms with Gasteiger partial charge in [0.15, 0.2) is 0 Å². The molecule has 0 spiro atoms. The molecule has 6 aromatic rings. The largest absolute Gasteiger partial charge is 0.471 e. The van der Waals surface area contributed by atoms with Crippen molar-refractivity contribution in [3.8, 4) is 0 Å². The van der Waals surface area contributed by atoms with E-state index in [0.29, 0.717) is 15.8 Å². The zero-order chi connectivity index (χ0) is 34.0. The number of rotatable bonds is 8. The molecule has 0 unspecified atom stereocenters. The van der Waals surface area contributed by atoms with E-state index in [4.69, 9.17) is 5.10 Å². The second-order valence-electron chi connectivity index (χ2n) is 12.4. The maximum absolute atomic E-state index is 16.0. The van der Waals surface area contributed by atoms with Crippen molar-refractivity contribution >= 4 is 22.5 Å². The van der Waals surface area contributed by atoms with Gasteiger partial charge in [-0.15, -0.1) is 0 Å². The van der Waals surface area contributed by atoms with Crippen molar-refractivity contribution in [1.29, 1.82) is 0 Å². The number of carbonyl (C=O) groups excluding carboxylic acids is 1. The van der Waals surface area contributed by atoms with Crippen LogP contribution in [-0.2, 0) is 16.9 Å². The molecule has 1 saturated carbocycles. The predicted octanol–water partition coefficient (Wildman–Crippen LogP) is 8.95. The molecule has 1 fully saturated rings. The maximum atomic E-state index is 16.0. The molecule has 0 aliphatic heterocycles. The minimum absolute atomic E-state index is 0.109. The molecule has 4 aromatic carbocycles. The van der Waals surface area contributed by atoms with Crippen molar-refractivity contribution in [2.75, 3.05) is 4.90 Å². The van der Waals surface area contributed by atoms with Gasteiger partial charge in [-0.05, 0) is 41.7 Å². The smallest absolute Gasteiger partial charge is 0.296 e. The van der Waals surface area contributed by atoms with Crippen LogP contribution >= 0.6 is 0 Å². The number of benzene rings is 4. The van der Waals surface area contributed by atoms with Crippen LogP contribution in [0.15, 0.2) is 122 Å². The summed E-state index contributed by atoms with van der Waals surface area (Å²) >= 11 is 0. The molecule has 1 aliphatic carbocycles. The fraction of sp³-hybridized carbons (Fsp3) is 0.231. The molecular formula is C39H33F4N5O. The molecule has 7 rings (SSSR count). The van der Waals surface area contributed by atoms with Gasteiger partial charge in [0.1, 0.15) is 11.4 Å². The number of hydrogen-bond donors (Lipinski definition) is 0. The van der Waals surface area contributed by atoms with E-state index in [1.165, 1.54) is 18.5 Å². The van der Waals surface area contributed by atoms with Gasteiger partial charge >= 0.3 is 12.1 Å². The molecule has 2 heterocycles. The molecule has 2 aromatic heterocycles. The number of aromatic nitrogens is 4. The molecule has 49 heavy (non-hydrogen) atoms. The number of amides is 1. The highest BCUT2D eigenvalue weighted by Gasteiger charge is 2.45. The van der Waals surface area contributed by atoms with Gasteiger partial charge in [0.25, 0.3) is 0 Å². The SMILES string of the molecule is O=C(N(Cc1cnc(C2CCCCC2)cn1)c1cc2c(cnn2C(c2ccccc2)(c2ccccc2)c2ccccc2)cc1F)C(F)(F)F. The van der Waals surface area contributed by atoms with Crippen LogP contribution in [0.1, 0.15) is 66.1 Å². The van der Waals surface area contributed by atoms with Gasteiger partial charge in [-0.1, -0.05) is 110 Å². The number of fused-ring (bicyclic) bond motifs is 1. The van der Waals surface area contributed by atoms with Gasteiger partial charge in [-0.25, -0.2) is 9.07 Å². The van der Waals surface area contributed by atoms with E-state index >= 15 is 4.39 Å². The Bertz CT molecular complexity index is 1950. The Morgan fingerprint density at radius 2 is 1.33 bits per heavy atom. The number of alkyl halides is 3. The molecule has 0 N–H and O–H groups in total. The number of hydrogen-bond acceptors (Lipinski definition) is 4. The van der Waals surface area contributed by atoms with Crippen molar-refractivity contribution in [2.45, 2.75) is 56.3 Å². The Hall–Kier alpha value is -5.38. The Morgan fingerprint density at radius 1 is 0.755 bits per heavy atom. The van der Waals surface area contributed by atoms with E-state index in [-0.39, 0.29) is 11.6 Å². The van der Waals surface area contributed by atoms with Crippen LogP contribution in [0.5, 0.6) is 0 Å². The van der Waals surface area contributed by atoms with E-state index in [1.807, 2.05) is 91.0 Å². The second-order valence-corrected chi connectivity index (χ2v) is 12.4. The maximum Gasteiger partial charge on any atom is 0.471 e. The van der Waals surface area contributed by atoms with Gasteiger partial charge in [0.05, 0.1) is 41.5 Å². The lowest BCUT2D eigenvalue weighted by atomic mass is 9.77. The molecule has 0 atom stereocenters. The van der Waals surface area contributed by atoms with Crippen molar-refractivity contribution in [3.63, 3.8) is 0 Å². The van der Waals surface area contributed by atoms with E-state index < -0.39 is 35.7 Å². The van der Waals surface area contributed by atoms with E-state index in [9.17, 15) is 18.0 Å². The summed E-state index contributed by atoms with van der Waals surface area (Å²) < 4.78 is 60.1. The van der Waals surface area contributed by atoms with E-state index in [0.717, 1.165) is 60.6 Å². The van der Waals surface area contributed by atoms with Crippen LogP contribution < -0.4 is 4.90 Å². The summed E-state index contributed by atoms with van der Waals surface area (Å²) in [4.78, 5) is 22.3. The van der Waals surface area contributed by atoms with Gasteiger partial charge in [0.2, 0.25) is 0 Å². The van der Waals surface area contributed by atoms with Crippen molar-refractivity contribution in [3.05, 3.63) is 156 Å². The fourth-order valence-electron chi connectivity index (χ4n) is 7.05. The second kappa shape index (κ2) is 13.3. The standard InChI is InChI=1S/C39H33F4N5O/c40-33-21-28-23-46-48(38(29-15-7-2-8-16-29,30-17-9-3-10-18-30)31-19-11-4-12-20-31)35(28)22-36(33)47(37(49)39(41,42)43)26-32-24-45-34(25-44-32)27-13-5-1-6-14-27/h2-4,7-12,15-25,27H,1,5-6,13-14,26H2. The minimum Gasteiger partial charge on any atom is -0.296 e. The fourth-order valence-corrected chi connectivity index (χ4v) is 7.05. The van der Waals surface area contributed by atoms with Crippen LogP contribution in [0.4, 0.5) is 23.2 Å². The lowest BCUT2D eigenvalue weighted by molar-refractivity contribution is -0.170. The third kappa shape index (κ3) is 6.07. The lowest BCUT2D eigenvalue weighted by Crippen LogP contribution is -2.41. The van der Waals surface area contributed by atoms with Gasteiger partial charge < -0.3 is 0 Å². The topological polar surface area (TPSA) is 63.9 Å². The van der Waals surface area contributed by atoms with Crippen LogP contribution in [0.2, 0.25) is 0 Å². The lowest BCUT2D eigenvalue weighted by Gasteiger charge is -2.37. The normalized spacial score (nSPS) is 14.2. The first-order chi connectivity index (χ1) is 23.8. The molecule has 0 radical (unpaired) electrons. The summed E-state index contributed by atoms with van der Waals surface area (Å²) in [7, 11) is 0. The number of halogens is 4. The van der Waals surface area contributed by atoms with Gasteiger partial charge in [0, 0.05) is 17.5 Å². The molecule has 248 valence electrons. The summed E-state index contributed by atoms with van der Waals surface area (Å²) in [5.74, 6) is -2.97. The minimum atomic E-state index is -5.28. The van der Waals surface area contributed by atoms with E-state index in [1.54, 1.807) is 10.9 Å². The summed E-state index contributed by atoms with van der Waals surface area (Å²) in [6, 6.07) is 31.2. The quantitative estimate of drug-likeness (QED) is 0.121. The van der Waals surface area contributed by atoms with Crippen LogP contribution in [0.25, 0.3) is 10.9 Å². The number of nitrogens with zero attached hydrogens (tertiary/aromatic N) is 5. The molecular weight excluding hydrogens is 630 g/mol. The van der Waals surface area contributed by atoms with Gasteiger partial charge in [-0.3, -0.25) is 19.7 Å². The average Bonchev–Trinajstić information content (AvgIpc) is 3.54. The zero-order valence-corrected chi connectivity index (χ0v) is 26.5. The highest BCUT2D eigenvalue weighted by atomic mass is 19.4. The van der Waals surface area contributed by atoms with Crippen LogP contribution in [0, 0.1) is 5.82 Å². The molecule has 0 saturated heterocycles. The Labute approximate surface area is 281 Å². The number of anilines is 1. The molecule has 1 aliphatic rings. The predicted molar refractivity (Wildman–Crippen MR) is 179 cm³/mol. The first-order valence-corrected chi connectivity index (χ1v) is 16.3. The monoisotopic (exact) mass is 663 g/mol. The van der Waals surface area contributed by atoms with Crippen molar-refractivity contribution in [2.24, 2.45) is 0 Å². The summed E-state index contributed by atoms with van der Waals surface area (Å²) in [6.07, 6.45) is 4.42. The first-order valence-electron chi connectivity index (χ1n) is 16.3. The third-order valence-corrected chi connectivity index (χ3v) is 9.38. The molecule has 6 nitrogen and oxygen atoms in total. The summed E-state index contributed by atoms with van der Waals surface area (Å²) in [5.41, 5.74) is 1.99. The highest BCUT2D eigenvalue weighted by Crippen LogP contribution is 2.43. The molecule has 10 heteroatoms.